The molecule has 0 spiro atoms. The van der Waals surface area contributed by atoms with Crippen molar-refractivity contribution < 1.29 is 5.11 Å². The van der Waals surface area contributed by atoms with Crippen LogP contribution in [0.15, 0.2) is 18.2 Å². The second kappa shape index (κ2) is 6.72. The normalized spacial score (nSPS) is 18.1. The lowest BCUT2D eigenvalue weighted by Crippen LogP contribution is -2.27. The van der Waals surface area contributed by atoms with Crippen molar-refractivity contribution in [3.63, 3.8) is 0 Å². The Morgan fingerprint density at radius 2 is 2.39 bits per heavy atom. The Labute approximate surface area is 113 Å². The van der Waals surface area contributed by atoms with Crippen LogP contribution in [0.25, 0.3) is 0 Å². The Morgan fingerprint density at radius 1 is 1.50 bits per heavy atom. The van der Waals surface area contributed by atoms with Gasteiger partial charge in [-0.2, -0.15) is 0 Å². The SMILES string of the molecule is C#CCSCCNC1CCCc2ccc(O)cc21. The molecular formula is C15H19NOS. The molecule has 1 atom stereocenters. The van der Waals surface area contributed by atoms with Gasteiger partial charge in [0.05, 0.1) is 5.75 Å². The van der Waals surface area contributed by atoms with Crippen LogP contribution >= 0.6 is 11.8 Å². The molecule has 0 amide bonds. The monoisotopic (exact) mass is 261 g/mol. The van der Waals surface area contributed by atoms with E-state index in [2.05, 4.69) is 11.2 Å². The minimum atomic E-state index is 0.365. The first-order chi connectivity index (χ1) is 8.81. The molecule has 2 nitrogen and oxygen atoms in total. The largest absolute Gasteiger partial charge is 0.508 e. The van der Waals surface area contributed by atoms with Crippen LogP contribution in [0.4, 0.5) is 0 Å². The van der Waals surface area contributed by atoms with E-state index in [-0.39, 0.29) is 0 Å². The van der Waals surface area contributed by atoms with E-state index >= 15 is 0 Å². The highest BCUT2D eigenvalue weighted by atomic mass is 32.2. The summed E-state index contributed by atoms with van der Waals surface area (Å²) in [6.45, 7) is 0.964. The van der Waals surface area contributed by atoms with Crippen molar-refractivity contribution in [1.29, 1.82) is 0 Å². The summed E-state index contributed by atoms with van der Waals surface area (Å²) >= 11 is 1.78. The molecule has 96 valence electrons. The molecule has 2 N–H and O–H groups in total. The molecule has 0 fully saturated rings. The van der Waals surface area contributed by atoms with E-state index in [4.69, 9.17) is 6.42 Å². The van der Waals surface area contributed by atoms with Crippen LogP contribution in [-0.4, -0.2) is 23.2 Å². The Morgan fingerprint density at radius 3 is 3.22 bits per heavy atom. The number of phenolic OH excluding ortho intramolecular Hbond substituents is 1. The van der Waals surface area contributed by atoms with Crippen LogP contribution in [0.3, 0.4) is 0 Å². The number of fused-ring (bicyclic) bond motifs is 1. The molecule has 1 aromatic carbocycles. The fourth-order valence-electron chi connectivity index (χ4n) is 2.43. The second-order valence-corrected chi connectivity index (χ2v) is 5.64. The summed E-state index contributed by atoms with van der Waals surface area (Å²) in [5, 5.41) is 13.2. The number of hydrogen-bond donors (Lipinski definition) is 2. The van der Waals surface area contributed by atoms with Crippen molar-refractivity contribution in [2.24, 2.45) is 0 Å². The summed E-state index contributed by atoms with van der Waals surface area (Å²) < 4.78 is 0. The molecule has 2 rings (SSSR count). The average molecular weight is 261 g/mol. The lowest BCUT2D eigenvalue weighted by molar-refractivity contribution is 0.454. The fraction of sp³-hybridized carbons (Fsp3) is 0.467. The predicted molar refractivity (Wildman–Crippen MR) is 77.9 cm³/mol. The van der Waals surface area contributed by atoms with Crippen molar-refractivity contribution in [2.75, 3.05) is 18.1 Å². The van der Waals surface area contributed by atoms with Gasteiger partial charge in [0.1, 0.15) is 5.75 Å². The third-order valence-corrected chi connectivity index (χ3v) is 4.13. The van der Waals surface area contributed by atoms with Gasteiger partial charge < -0.3 is 10.4 Å². The number of phenols is 1. The standard InChI is InChI=1S/C15H19NOS/c1-2-9-18-10-8-16-15-5-3-4-12-6-7-13(17)11-14(12)15/h1,6-7,11,15-17H,3-5,8-10H2. The number of aryl methyl sites for hydroxylation is 1. The summed E-state index contributed by atoms with van der Waals surface area (Å²) in [4.78, 5) is 0. The Bertz CT molecular complexity index is 439. The third-order valence-electron chi connectivity index (χ3n) is 3.27. The highest BCUT2D eigenvalue weighted by Gasteiger charge is 2.19. The first kappa shape index (κ1) is 13.3. The molecule has 1 aromatic rings. The molecule has 0 aromatic heterocycles. The number of thioether (sulfide) groups is 1. The van der Waals surface area contributed by atoms with E-state index in [0.29, 0.717) is 11.8 Å². The smallest absolute Gasteiger partial charge is 0.115 e. The van der Waals surface area contributed by atoms with Crippen molar-refractivity contribution in [3.05, 3.63) is 29.3 Å². The molecule has 0 saturated carbocycles. The van der Waals surface area contributed by atoms with Crippen molar-refractivity contribution in [1.82, 2.24) is 5.32 Å². The summed E-state index contributed by atoms with van der Waals surface area (Å²) in [7, 11) is 0. The number of aromatic hydroxyl groups is 1. The molecule has 0 saturated heterocycles. The van der Waals surface area contributed by atoms with Gasteiger partial charge in [-0.3, -0.25) is 0 Å². The van der Waals surface area contributed by atoms with Crippen molar-refractivity contribution >= 4 is 11.8 Å². The Hall–Kier alpha value is -1.11. The minimum absolute atomic E-state index is 0.365. The first-order valence-electron chi connectivity index (χ1n) is 6.37. The molecule has 0 heterocycles. The number of terminal acetylenes is 1. The van der Waals surface area contributed by atoms with Crippen LogP contribution in [0.5, 0.6) is 5.75 Å². The van der Waals surface area contributed by atoms with E-state index in [0.717, 1.165) is 30.9 Å². The third kappa shape index (κ3) is 3.44. The van der Waals surface area contributed by atoms with E-state index in [1.807, 2.05) is 12.1 Å². The zero-order valence-electron chi connectivity index (χ0n) is 10.5. The van der Waals surface area contributed by atoms with E-state index in [9.17, 15) is 5.11 Å². The lowest BCUT2D eigenvalue weighted by atomic mass is 9.87. The summed E-state index contributed by atoms with van der Waals surface area (Å²) in [5.41, 5.74) is 2.64. The van der Waals surface area contributed by atoms with Gasteiger partial charge in [-0.05, 0) is 42.5 Å². The van der Waals surface area contributed by atoms with Gasteiger partial charge in [-0.15, -0.1) is 18.2 Å². The van der Waals surface area contributed by atoms with Gasteiger partial charge in [0, 0.05) is 18.3 Å². The fourth-order valence-corrected chi connectivity index (χ4v) is 2.96. The van der Waals surface area contributed by atoms with Crippen LogP contribution in [0, 0.1) is 12.3 Å². The molecule has 3 heteroatoms. The number of benzene rings is 1. The second-order valence-electron chi connectivity index (χ2n) is 4.54. The molecule has 0 bridgehead atoms. The van der Waals surface area contributed by atoms with Crippen molar-refractivity contribution in [3.8, 4) is 18.1 Å². The average Bonchev–Trinajstić information content (AvgIpc) is 2.39. The highest BCUT2D eigenvalue weighted by Crippen LogP contribution is 2.31. The van der Waals surface area contributed by atoms with Gasteiger partial charge in [0.2, 0.25) is 0 Å². The topological polar surface area (TPSA) is 32.3 Å². The van der Waals surface area contributed by atoms with Crippen LogP contribution in [0.1, 0.15) is 30.0 Å². The predicted octanol–water partition coefficient (Wildman–Crippen LogP) is 2.73. The maximum absolute atomic E-state index is 9.59. The molecule has 0 aliphatic heterocycles. The van der Waals surface area contributed by atoms with Crippen LogP contribution in [-0.2, 0) is 6.42 Å². The summed E-state index contributed by atoms with van der Waals surface area (Å²) in [6, 6.07) is 6.11. The zero-order chi connectivity index (χ0) is 12.8. The van der Waals surface area contributed by atoms with Gasteiger partial charge in [0.15, 0.2) is 0 Å². The molecule has 1 aliphatic rings. The van der Waals surface area contributed by atoms with E-state index < -0.39 is 0 Å². The maximum atomic E-state index is 9.59. The molecule has 1 unspecified atom stereocenters. The van der Waals surface area contributed by atoms with Gasteiger partial charge in [-0.25, -0.2) is 0 Å². The van der Waals surface area contributed by atoms with E-state index in [1.165, 1.54) is 17.5 Å². The maximum Gasteiger partial charge on any atom is 0.115 e. The quantitative estimate of drug-likeness (QED) is 0.631. The zero-order valence-corrected chi connectivity index (χ0v) is 11.3. The van der Waals surface area contributed by atoms with Gasteiger partial charge in [0.25, 0.3) is 0 Å². The van der Waals surface area contributed by atoms with Crippen LogP contribution < -0.4 is 5.32 Å². The Balaban J connectivity index is 1.91. The molecule has 0 radical (unpaired) electrons. The van der Waals surface area contributed by atoms with Crippen molar-refractivity contribution in [2.45, 2.75) is 25.3 Å². The van der Waals surface area contributed by atoms with Gasteiger partial charge in [-0.1, -0.05) is 12.0 Å². The number of rotatable bonds is 5. The number of hydrogen-bond acceptors (Lipinski definition) is 3. The minimum Gasteiger partial charge on any atom is -0.508 e. The number of nitrogens with one attached hydrogen (secondary N) is 1. The van der Waals surface area contributed by atoms with Gasteiger partial charge >= 0.3 is 0 Å². The molecule has 1 aliphatic carbocycles. The Kier molecular flexibility index (Phi) is 4.98. The summed E-state index contributed by atoms with van der Waals surface area (Å²) in [5.74, 6) is 4.81. The van der Waals surface area contributed by atoms with Crippen LogP contribution in [0.2, 0.25) is 0 Å². The summed E-state index contributed by atoms with van der Waals surface area (Å²) in [6.07, 6.45) is 8.70. The first-order valence-corrected chi connectivity index (χ1v) is 7.53. The molecule has 18 heavy (non-hydrogen) atoms. The highest BCUT2D eigenvalue weighted by molar-refractivity contribution is 7.99. The van der Waals surface area contributed by atoms with E-state index in [1.54, 1.807) is 17.8 Å². The lowest BCUT2D eigenvalue weighted by Gasteiger charge is -2.26. The molecular weight excluding hydrogens is 242 g/mol.